The van der Waals surface area contributed by atoms with E-state index in [0.29, 0.717) is 23.6 Å². The minimum Gasteiger partial charge on any atom is -0.481 e. The van der Waals surface area contributed by atoms with Crippen molar-refractivity contribution in [3.8, 4) is 0 Å². The van der Waals surface area contributed by atoms with Gasteiger partial charge in [0, 0.05) is 23.2 Å². The average molecular weight is 302 g/mol. The predicted molar refractivity (Wildman–Crippen MR) is 78.4 cm³/mol. The molecule has 0 aliphatic rings. The summed E-state index contributed by atoms with van der Waals surface area (Å²) in [5.74, 6) is -1.37. The van der Waals surface area contributed by atoms with E-state index in [1.54, 1.807) is 19.1 Å². The molecule has 0 saturated heterocycles. The van der Waals surface area contributed by atoms with E-state index in [1.165, 1.54) is 6.07 Å². The lowest BCUT2D eigenvalue weighted by atomic mass is 10.0. The number of halogens is 2. The van der Waals surface area contributed by atoms with E-state index in [1.807, 2.05) is 6.92 Å². The van der Waals surface area contributed by atoms with Gasteiger partial charge in [-0.15, -0.1) is 0 Å². The maximum absolute atomic E-state index is 13.6. The van der Waals surface area contributed by atoms with Gasteiger partial charge in [0.05, 0.1) is 5.92 Å². The van der Waals surface area contributed by atoms with Crippen molar-refractivity contribution >= 4 is 17.6 Å². The number of benzene rings is 1. The van der Waals surface area contributed by atoms with Crippen LogP contribution in [0.15, 0.2) is 18.2 Å². The molecule has 2 N–H and O–H groups in total. The molecule has 0 aliphatic carbocycles. The molecule has 20 heavy (non-hydrogen) atoms. The molecule has 2 atom stereocenters. The lowest BCUT2D eigenvalue weighted by Gasteiger charge is -2.15. The molecular weight excluding hydrogens is 281 g/mol. The highest BCUT2D eigenvalue weighted by atomic mass is 35.5. The molecule has 112 valence electrons. The van der Waals surface area contributed by atoms with Crippen molar-refractivity contribution < 1.29 is 14.3 Å². The van der Waals surface area contributed by atoms with Crippen molar-refractivity contribution in [1.82, 2.24) is 5.32 Å². The Kier molecular flexibility index (Phi) is 6.96. The fourth-order valence-electron chi connectivity index (χ4n) is 1.90. The molecular formula is C15H21ClFNO2. The third-order valence-corrected chi connectivity index (χ3v) is 3.59. The number of carbonyl (C=O) groups is 1. The fraction of sp³-hybridized carbons (Fsp3) is 0.533. The molecule has 0 aromatic heterocycles. The summed E-state index contributed by atoms with van der Waals surface area (Å²) < 4.78 is 13.6. The molecule has 5 heteroatoms. The minimum atomic E-state index is -0.756. The maximum atomic E-state index is 13.6. The van der Waals surface area contributed by atoms with Crippen molar-refractivity contribution in [1.29, 1.82) is 0 Å². The van der Waals surface area contributed by atoms with Crippen molar-refractivity contribution in [3.63, 3.8) is 0 Å². The molecule has 0 amide bonds. The Balaban J connectivity index is 2.29. The van der Waals surface area contributed by atoms with Gasteiger partial charge in [-0.25, -0.2) is 4.39 Å². The summed E-state index contributed by atoms with van der Waals surface area (Å²) in [6.07, 6.45) is 2.37. The lowest BCUT2D eigenvalue weighted by molar-refractivity contribution is -0.141. The molecule has 0 heterocycles. The van der Waals surface area contributed by atoms with Gasteiger partial charge in [-0.1, -0.05) is 31.0 Å². The number of aliphatic carboxylic acids is 1. The van der Waals surface area contributed by atoms with Crippen LogP contribution in [-0.4, -0.2) is 17.1 Å². The van der Waals surface area contributed by atoms with E-state index in [2.05, 4.69) is 5.32 Å². The second kappa shape index (κ2) is 8.22. The third kappa shape index (κ3) is 5.88. The van der Waals surface area contributed by atoms with Crippen LogP contribution in [0.25, 0.3) is 0 Å². The summed E-state index contributed by atoms with van der Waals surface area (Å²) in [6.45, 7) is 4.17. The van der Waals surface area contributed by atoms with Crippen LogP contribution in [-0.2, 0) is 11.3 Å². The quantitative estimate of drug-likeness (QED) is 0.767. The van der Waals surface area contributed by atoms with Gasteiger partial charge in [0.2, 0.25) is 0 Å². The molecule has 1 aromatic carbocycles. The number of nitrogens with one attached hydrogen (secondary N) is 1. The van der Waals surface area contributed by atoms with Crippen LogP contribution in [0.4, 0.5) is 4.39 Å². The Morgan fingerprint density at radius 1 is 1.40 bits per heavy atom. The van der Waals surface area contributed by atoms with Gasteiger partial charge in [0.1, 0.15) is 5.82 Å². The number of carboxylic acid groups (broad SMARTS) is 1. The number of hydrogen-bond donors (Lipinski definition) is 2. The molecule has 3 nitrogen and oxygen atoms in total. The normalized spacial score (nSPS) is 14.0. The van der Waals surface area contributed by atoms with Gasteiger partial charge in [-0.2, -0.15) is 0 Å². The van der Waals surface area contributed by atoms with Gasteiger partial charge >= 0.3 is 5.97 Å². The third-order valence-electron chi connectivity index (χ3n) is 3.35. The fourth-order valence-corrected chi connectivity index (χ4v) is 2.06. The van der Waals surface area contributed by atoms with Crippen LogP contribution in [0.3, 0.4) is 0 Å². The molecule has 1 aromatic rings. The van der Waals surface area contributed by atoms with E-state index in [-0.39, 0.29) is 17.8 Å². The van der Waals surface area contributed by atoms with Crippen molar-refractivity contribution in [2.75, 3.05) is 0 Å². The summed E-state index contributed by atoms with van der Waals surface area (Å²) in [4.78, 5) is 10.7. The molecule has 0 radical (unpaired) electrons. The number of hydrogen-bond acceptors (Lipinski definition) is 2. The molecule has 0 aliphatic heterocycles. The summed E-state index contributed by atoms with van der Waals surface area (Å²) in [5.41, 5.74) is 0.583. The average Bonchev–Trinajstić information content (AvgIpc) is 2.37. The highest BCUT2D eigenvalue weighted by Gasteiger charge is 2.11. The van der Waals surface area contributed by atoms with Crippen LogP contribution in [0.2, 0.25) is 5.02 Å². The highest BCUT2D eigenvalue weighted by Crippen LogP contribution is 2.15. The Bertz CT molecular complexity index is 453. The first-order chi connectivity index (χ1) is 9.40. The first kappa shape index (κ1) is 16.9. The molecule has 1 rings (SSSR count). The summed E-state index contributed by atoms with van der Waals surface area (Å²) in [5, 5.41) is 12.4. The van der Waals surface area contributed by atoms with Crippen LogP contribution in [0.1, 0.15) is 38.7 Å². The van der Waals surface area contributed by atoms with Crippen LogP contribution in [0.5, 0.6) is 0 Å². The summed E-state index contributed by atoms with van der Waals surface area (Å²) in [6, 6.07) is 4.86. The molecule has 0 spiro atoms. The van der Waals surface area contributed by atoms with Gasteiger partial charge < -0.3 is 10.4 Å². The Morgan fingerprint density at radius 2 is 2.10 bits per heavy atom. The van der Waals surface area contributed by atoms with Crippen molar-refractivity contribution in [3.05, 3.63) is 34.6 Å². The van der Waals surface area contributed by atoms with Gasteiger partial charge in [-0.3, -0.25) is 4.79 Å². The molecule has 0 saturated carbocycles. The molecule has 2 unspecified atom stereocenters. The van der Waals surface area contributed by atoms with Crippen LogP contribution < -0.4 is 5.32 Å². The SMILES string of the molecule is CC(CCCC(C)C(=O)O)NCc1ccc(Cl)cc1F. The zero-order valence-electron chi connectivity index (χ0n) is 11.8. The van der Waals surface area contributed by atoms with Gasteiger partial charge in [-0.05, 0) is 31.9 Å². The predicted octanol–water partition coefficient (Wildman–Crippen LogP) is 3.85. The standard InChI is InChI=1S/C15H21ClFNO2/c1-10(15(19)20)4-3-5-11(2)18-9-12-6-7-13(16)8-14(12)17/h6-8,10-11,18H,3-5,9H2,1-2H3,(H,19,20). The van der Waals surface area contributed by atoms with Crippen LogP contribution >= 0.6 is 11.6 Å². The largest absolute Gasteiger partial charge is 0.481 e. The Labute approximate surface area is 124 Å². The Hall–Kier alpha value is -1.13. The molecule has 0 bridgehead atoms. The van der Waals surface area contributed by atoms with Gasteiger partial charge in [0.15, 0.2) is 0 Å². The molecule has 0 fully saturated rings. The Morgan fingerprint density at radius 3 is 2.70 bits per heavy atom. The zero-order chi connectivity index (χ0) is 15.1. The topological polar surface area (TPSA) is 49.3 Å². The lowest BCUT2D eigenvalue weighted by Crippen LogP contribution is -2.26. The van der Waals surface area contributed by atoms with E-state index in [9.17, 15) is 9.18 Å². The monoisotopic (exact) mass is 301 g/mol. The number of rotatable bonds is 8. The summed E-state index contributed by atoms with van der Waals surface area (Å²) >= 11 is 5.69. The van der Waals surface area contributed by atoms with Crippen molar-refractivity contribution in [2.24, 2.45) is 5.92 Å². The maximum Gasteiger partial charge on any atom is 0.306 e. The minimum absolute atomic E-state index is 0.214. The first-order valence-electron chi connectivity index (χ1n) is 6.80. The second-order valence-corrected chi connectivity index (χ2v) is 5.62. The van der Waals surface area contributed by atoms with E-state index >= 15 is 0 Å². The summed E-state index contributed by atoms with van der Waals surface area (Å²) in [7, 11) is 0. The van der Waals surface area contributed by atoms with E-state index in [4.69, 9.17) is 16.7 Å². The second-order valence-electron chi connectivity index (χ2n) is 5.19. The smallest absolute Gasteiger partial charge is 0.306 e. The van der Waals surface area contributed by atoms with Crippen molar-refractivity contribution in [2.45, 2.75) is 45.7 Å². The zero-order valence-corrected chi connectivity index (χ0v) is 12.6. The number of carboxylic acids is 1. The highest BCUT2D eigenvalue weighted by molar-refractivity contribution is 6.30. The van der Waals surface area contributed by atoms with E-state index in [0.717, 1.165) is 12.8 Å². The van der Waals surface area contributed by atoms with E-state index < -0.39 is 5.97 Å². The van der Waals surface area contributed by atoms with Gasteiger partial charge in [0.25, 0.3) is 0 Å². The van der Waals surface area contributed by atoms with Crippen LogP contribution in [0, 0.1) is 11.7 Å². The first-order valence-corrected chi connectivity index (χ1v) is 7.18.